The molecule has 1 atom stereocenters. The first-order valence-corrected chi connectivity index (χ1v) is 12.3. The summed E-state index contributed by atoms with van der Waals surface area (Å²) >= 11 is 3.43. The minimum Gasteiger partial charge on any atom is -0.508 e. The third-order valence-corrected chi connectivity index (χ3v) is 6.09. The molecule has 0 aliphatic heterocycles. The normalized spacial score (nSPS) is 12.0. The van der Waals surface area contributed by atoms with Crippen LogP contribution in [0.1, 0.15) is 48.2 Å². The Bertz CT molecular complexity index is 1360. The van der Waals surface area contributed by atoms with E-state index >= 15 is 0 Å². The molecule has 1 aromatic heterocycles. The van der Waals surface area contributed by atoms with E-state index in [1.54, 1.807) is 12.1 Å². The number of carboxylic acid groups (broad SMARTS) is 1. The van der Waals surface area contributed by atoms with Crippen LogP contribution in [-0.2, 0) is 15.0 Å². The highest BCUT2D eigenvalue weighted by atomic mass is 79.9. The van der Waals surface area contributed by atoms with Gasteiger partial charge in [-0.3, -0.25) is 19.3 Å². The second-order valence-electron chi connectivity index (χ2n) is 9.59. The van der Waals surface area contributed by atoms with Crippen molar-refractivity contribution in [1.82, 2.24) is 14.9 Å². The monoisotopic (exact) mass is 585 g/mol. The number of aliphatic carboxylic acids is 1. The zero-order valence-corrected chi connectivity index (χ0v) is 22.6. The van der Waals surface area contributed by atoms with Crippen LogP contribution in [0.4, 0.5) is 11.6 Å². The third kappa shape index (κ3) is 7.05. The minimum atomic E-state index is -1.24. The molecule has 0 unspecified atom stereocenters. The highest BCUT2D eigenvalue weighted by Crippen LogP contribution is 2.31. The number of carbonyl (C=O) groups excluding carboxylic acids is 2. The number of anilines is 2. The summed E-state index contributed by atoms with van der Waals surface area (Å²) in [4.78, 5) is 47.1. The molecule has 0 fully saturated rings. The van der Waals surface area contributed by atoms with Crippen molar-refractivity contribution in [2.24, 2.45) is 5.73 Å². The van der Waals surface area contributed by atoms with Gasteiger partial charge in [0.15, 0.2) is 5.75 Å². The van der Waals surface area contributed by atoms with Crippen LogP contribution in [0.2, 0.25) is 0 Å². The number of amides is 2. The molecule has 0 radical (unpaired) electrons. The fraction of sp³-hybridized carbons (Fsp3) is 0.269. The van der Waals surface area contributed by atoms with E-state index in [4.69, 9.17) is 5.73 Å². The number of hydrogen-bond acceptors (Lipinski definition) is 9. The molecule has 0 aliphatic carbocycles. The molecule has 0 bridgehead atoms. The highest BCUT2D eigenvalue weighted by Gasteiger charge is 2.31. The summed E-state index contributed by atoms with van der Waals surface area (Å²) in [6, 6.07) is 9.06. The van der Waals surface area contributed by atoms with Gasteiger partial charge in [0.25, 0.3) is 5.91 Å². The highest BCUT2D eigenvalue weighted by molar-refractivity contribution is 9.10. The Kier molecular flexibility index (Phi) is 8.69. The van der Waals surface area contributed by atoms with Crippen LogP contribution in [0.3, 0.4) is 0 Å². The molecule has 0 saturated carbocycles. The summed E-state index contributed by atoms with van der Waals surface area (Å²) in [7, 11) is 0. The Morgan fingerprint density at radius 3 is 2.26 bits per heavy atom. The first-order chi connectivity index (χ1) is 17.8. The first kappa shape index (κ1) is 28.5. The predicted octanol–water partition coefficient (Wildman–Crippen LogP) is 3.49. The van der Waals surface area contributed by atoms with Crippen LogP contribution in [0, 0.1) is 0 Å². The Morgan fingerprint density at radius 2 is 1.68 bits per heavy atom. The number of nitrogens with two attached hydrogens (primary N) is 1. The molecule has 2 aromatic carbocycles. The van der Waals surface area contributed by atoms with Gasteiger partial charge in [0, 0.05) is 28.3 Å². The summed E-state index contributed by atoms with van der Waals surface area (Å²) < 4.78 is 0.661. The van der Waals surface area contributed by atoms with Gasteiger partial charge in [-0.25, -0.2) is 9.97 Å². The zero-order valence-electron chi connectivity index (χ0n) is 21.0. The summed E-state index contributed by atoms with van der Waals surface area (Å²) in [6.45, 7) is 4.94. The third-order valence-electron chi connectivity index (χ3n) is 5.63. The van der Waals surface area contributed by atoms with E-state index in [0.717, 1.165) is 28.9 Å². The van der Waals surface area contributed by atoms with Gasteiger partial charge in [-0.05, 0) is 40.8 Å². The SMILES string of the molecule is CC(C)(C)c1cc(Br)cc([C@@H](CN(C(=O)CN)C(=O)c2cc(O)cc(Nc3ncc(O)cn3)c2)C(=O)O)c1. The topological polar surface area (TPSA) is 179 Å². The van der Waals surface area contributed by atoms with Gasteiger partial charge < -0.3 is 26.4 Å². The second-order valence-corrected chi connectivity index (χ2v) is 10.5. The van der Waals surface area contributed by atoms with Crippen molar-refractivity contribution in [2.75, 3.05) is 18.4 Å². The molecular weight excluding hydrogens is 558 g/mol. The predicted molar refractivity (Wildman–Crippen MR) is 143 cm³/mol. The maximum Gasteiger partial charge on any atom is 0.312 e. The second kappa shape index (κ2) is 11.6. The minimum absolute atomic E-state index is 0.0805. The molecule has 3 rings (SSSR count). The fourth-order valence-corrected chi connectivity index (χ4v) is 4.15. The molecule has 3 aromatic rings. The average Bonchev–Trinajstić information content (AvgIpc) is 2.83. The number of nitrogens with zero attached hydrogens (tertiary/aromatic N) is 3. The van der Waals surface area contributed by atoms with E-state index < -0.39 is 36.8 Å². The van der Waals surface area contributed by atoms with Crippen LogP contribution < -0.4 is 11.1 Å². The van der Waals surface area contributed by atoms with Gasteiger partial charge >= 0.3 is 5.97 Å². The quantitative estimate of drug-likeness (QED) is 0.262. The lowest BCUT2D eigenvalue weighted by molar-refractivity contribution is -0.139. The van der Waals surface area contributed by atoms with Crippen molar-refractivity contribution >= 4 is 45.3 Å². The fourth-order valence-electron chi connectivity index (χ4n) is 3.64. The number of aromatic nitrogens is 2. The standard InChI is InChI=1S/C26H28BrN5O6/c1-26(2,3)16-4-14(5-17(27)8-16)21(24(37)38)13-32(22(35)10-28)23(36)15-6-18(9-19(33)7-15)31-25-29-11-20(34)12-30-25/h4-9,11-12,21,33-34H,10,13,28H2,1-3H3,(H,37,38)(H,29,30,31)/t21-/m1/s1. The van der Waals surface area contributed by atoms with Crippen molar-refractivity contribution in [2.45, 2.75) is 32.1 Å². The van der Waals surface area contributed by atoms with E-state index in [1.165, 1.54) is 12.1 Å². The number of benzene rings is 2. The summed E-state index contributed by atoms with van der Waals surface area (Å²) in [5.74, 6) is -4.46. The van der Waals surface area contributed by atoms with Crippen LogP contribution in [-0.4, -0.2) is 61.1 Å². The van der Waals surface area contributed by atoms with Crippen LogP contribution >= 0.6 is 15.9 Å². The van der Waals surface area contributed by atoms with E-state index in [-0.39, 0.29) is 34.1 Å². The molecule has 0 saturated heterocycles. The summed E-state index contributed by atoms with van der Waals surface area (Å²) in [5, 5.41) is 32.4. The van der Waals surface area contributed by atoms with Gasteiger partial charge in [0.05, 0.1) is 24.9 Å². The molecule has 2 amide bonds. The molecular formula is C26H28BrN5O6. The Balaban J connectivity index is 1.98. The largest absolute Gasteiger partial charge is 0.508 e. The maximum absolute atomic E-state index is 13.5. The molecule has 11 nitrogen and oxygen atoms in total. The number of aromatic hydroxyl groups is 2. The molecule has 0 spiro atoms. The van der Waals surface area contributed by atoms with E-state index in [9.17, 15) is 29.7 Å². The Hall–Kier alpha value is -4.03. The van der Waals surface area contributed by atoms with Gasteiger partial charge in [-0.1, -0.05) is 42.8 Å². The van der Waals surface area contributed by atoms with Crippen molar-refractivity contribution in [1.29, 1.82) is 0 Å². The van der Waals surface area contributed by atoms with E-state index in [1.807, 2.05) is 26.8 Å². The number of carbonyl (C=O) groups is 3. The molecule has 6 N–H and O–H groups in total. The van der Waals surface area contributed by atoms with Gasteiger partial charge in [0.1, 0.15) is 5.75 Å². The molecule has 200 valence electrons. The summed E-state index contributed by atoms with van der Waals surface area (Å²) in [6.07, 6.45) is 2.32. The lowest BCUT2D eigenvalue weighted by Crippen LogP contribution is -2.44. The molecule has 12 heteroatoms. The molecule has 38 heavy (non-hydrogen) atoms. The summed E-state index contributed by atoms with van der Waals surface area (Å²) in [5.41, 5.74) is 6.68. The van der Waals surface area contributed by atoms with Crippen LogP contribution in [0.5, 0.6) is 11.5 Å². The number of halogens is 1. The molecule has 1 heterocycles. The number of phenols is 1. The number of carboxylic acids is 1. The average molecular weight is 586 g/mol. The van der Waals surface area contributed by atoms with Gasteiger partial charge in [-0.15, -0.1) is 0 Å². The van der Waals surface area contributed by atoms with E-state index in [0.29, 0.717) is 10.0 Å². The van der Waals surface area contributed by atoms with Crippen molar-refractivity contribution in [3.05, 3.63) is 70.0 Å². The lowest BCUT2D eigenvalue weighted by Gasteiger charge is -2.26. The number of imide groups is 1. The number of rotatable bonds is 8. The molecule has 0 aliphatic rings. The lowest BCUT2D eigenvalue weighted by atomic mass is 9.84. The van der Waals surface area contributed by atoms with E-state index in [2.05, 4.69) is 31.2 Å². The number of phenolic OH excluding ortho intramolecular Hbond substituents is 1. The number of nitrogens with one attached hydrogen (secondary N) is 1. The van der Waals surface area contributed by atoms with Crippen LogP contribution in [0.25, 0.3) is 0 Å². The van der Waals surface area contributed by atoms with Crippen LogP contribution in [0.15, 0.2) is 53.3 Å². The van der Waals surface area contributed by atoms with Gasteiger partial charge in [-0.2, -0.15) is 0 Å². The van der Waals surface area contributed by atoms with Gasteiger partial charge in [0.2, 0.25) is 11.9 Å². The first-order valence-electron chi connectivity index (χ1n) is 11.5. The van der Waals surface area contributed by atoms with Crippen molar-refractivity contribution in [3.63, 3.8) is 0 Å². The van der Waals surface area contributed by atoms with Crippen molar-refractivity contribution < 1.29 is 29.7 Å². The zero-order chi connectivity index (χ0) is 28.2. The number of hydrogen-bond donors (Lipinski definition) is 5. The maximum atomic E-state index is 13.5. The Labute approximate surface area is 227 Å². The van der Waals surface area contributed by atoms with Crippen molar-refractivity contribution in [3.8, 4) is 11.5 Å². The Morgan fingerprint density at radius 1 is 1.03 bits per heavy atom. The smallest absolute Gasteiger partial charge is 0.312 e.